The van der Waals surface area contributed by atoms with Crippen LogP contribution in [0.5, 0.6) is 5.75 Å². The van der Waals surface area contributed by atoms with Crippen LogP contribution in [0.3, 0.4) is 0 Å². The Bertz CT molecular complexity index is 553. The molecule has 0 fully saturated rings. The van der Waals surface area contributed by atoms with Crippen LogP contribution in [0.15, 0.2) is 49.0 Å². The zero-order valence-electron chi connectivity index (χ0n) is 9.91. The van der Waals surface area contributed by atoms with Crippen LogP contribution in [0.1, 0.15) is 11.1 Å². The highest BCUT2D eigenvalue weighted by atomic mass is 35.5. The molecule has 0 aromatic heterocycles. The van der Waals surface area contributed by atoms with Crippen LogP contribution in [0.4, 0.5) is 0 Å². The van der Waals surface area contributed by atoms with Crippen molar-refractivity contribution in [1.29, 1.82) is 0 Å². The summed E-state index contributed by atoms with van der Waals surface area (Å²) in [4.78, 5) is 0. The number of rotatable bonds is 3. The molecule has 0 bridgehead atoms. The Balaban J connectivity index is 2.34. The molecule has 0 aliphatic rings. The fourth-order valence-corrected chi connectivity index (χ4v) is 2.21. The molecular formula is C15H12Cl2O. The van der Waals surface area contributed by atoms with Crippen molar-refractivity contribution in [1.82, 2.24) is 0 Å². The van der Waals surface area contributed by atoms with Gasteiger partial charge in [-0.1, -0.05) is 41.9 Å². The third kappa shape index (κ3) is 2.87. The van der Waals surface area contributed by atoms with Gasteiger partial charge >= 0.3 is 0 Å². The molecule has 2 rings (SSSR count). The highest BCUT2D eigenvalue weighted by Crippen LogP contribution is 2.28. The molecule has 0 atom stereocenters. The maximum atomic E-state index is 5.98. The summed E-state index contributed by atoms with van der Waals surface area (Å²) in [6.07, 6.45) is 0. The van der Waals surface area contributed by atoms with Crippen LogP contribution in [-0.2, 0) is 0 Å². The molecule has 1 nitrogen and oxygen atoms in total. The van der Waals surface area contributed by atoms with Crippen molar-refractivity contribution in [2.75, 3.05) is 7.11 Å². The Hall–Kier alpha value is -1.44. The Morgan fingerprint density at radius 1 is 0.944 bits per heavy atom. The van der Waals surface area contributed by atoms with Crippen LogP contribution in [0, 0.1) is 0 Å². The summed E-state index contributed by atoms with van der Waals surface area (Å²) in [5, 5.41) is 1.21. The molecule has 0 spiro atoms. The Morgan fingerprint density at radius 2 is 1.50 bits per heavy atom. The van der Waals surface area contributed by atoms with Gasteiger partial charge in [0.05, 0.1) is 7.11 Å². The molecule has 0 aliphatic heterocycles. The van der Waals surface area contributed by atoms with Crippen molar-refractivity contribution in [2.24, 2.45) is 0 Å². The lowest BCUT2D eigenvalue weighted by Gasteiger charge is -2.08. The molecular weight excluding hydrogens is 267 g/mol. The van der Waals surface area contributed by atoms with Crippen LogP contribution in [0.2, 0.25) is 10.0 Å². The fourth-order valence-electron chi connectivity index (χ4n) is 1.69. The summed E-state index contributed by atoms with van der Waals surface area (Å²) >= 11 is 12.0. The van der Waals surface area contributed by atoms with E-state index in [0.29, 0.717) is 10.0 Å². The number of benzene rings is 2. The monoisotopic (exact) mass is 278 g/mol. The topological polar surface area (TPSA) is 9.23 Å². The normalized spacial score (nSPS) is 10.2. The highest BCUT2D eigenvalue weighted by Gasteiger charge is 2.05. The number of hydrogen-bond acceptors (Lipinski definition) is 1. The summed E-state index contributed by atoms with van der Waals surface area (Å²) in [6, 6.07) is 13.1. The SMILES string of the molecule is C=C(c1ccc(OC)cc1)c1cc(Cl)cc(Cl)c1. The average Bonchev–Trinajstić information content (AvgIpc) is 2.37. The van der Waals surface area contributed by atoms with Crippen molar-refractivity contribution in [2.45, 2.75) is 0 Å². The van der Waals surface area contributed by atoms with Gasteiger partial charge in [-0.3, -0.25) is 0 Å². The molecule has 0 unspecified atom stereocenters. The van der Waals surface area contributed by atoms with E-state index in [2.05, 4.69) is 6.58 Å². The predicted octanol–water partition coefficient (Wildman–Crippen LogP) is 5.06. The number of hydrogen-bond donors (Lipinski definition) is 0. The van der Waals surface area contributed by atoms with Gasteiger partial charge in [0.1, 0.15) is 5.75 Å². The molecule has 0 saturated heterocycles. The minimum atomic E-state index is 0.604. The van der Waals surface area contributed by atoms with Crippen LogP contribution >= 0.6 is 23.2 Å². The van der Waals surface area contributed by atoms with E-state index in [1.807, 2.05) is 36.4 Å². The second kappa shape index (κ2) is 5.47. The lowest BCUT2D eigenvalue weighted by molar-refractivity contribution is 0.415. The van der Waals surface area contributed by atoms with E-state index >= 15 is 0 Å². The largest absolute Gasteiger partial charge is 0.497 e. The predicted molar refractivity (Wildman–Crippen MR) is 77.6 cm³/mol. The fraction of sp³-hybridized carbons (Fsp3) is 0.0667. The van der Waals surface area contributed by atoms with Crippen molar-refractivity contribution in [3.05, 3.63) is 70.2 Å². The molecule has 2 aromatic carbocycles. The van der Waals surface area contributed by atoms with Crippen LogP contribution < -0.4 is 4.74 Å². The Kier molecular flexibility index (Phi) is 3.95. The molecule has 92 valence electrons. The summed E-state index contributed by atoms with van der Waals surface area (Å²) < 4.78 is 5.12. The quantitative estimate of drug-likeness (QED) is 0.762. The van der Waals surface area contributed by atoms with Crippen molar-refractivity contribution < 1.29 is 4.74 Å². The first-order valence-corrected chi connectivity index (χ1v) is 6.15. The van der Waals surface area contributed by atoms with Crippen LogP contribution in [0.25, 0.3) is 5.57 Å². The van der Waals surface area contributed by atoms with Gasteiger partial charge in [0.2, 0.25) is 0 Å². The first-order valence-electron chi connectivity index (χ1n) is 5.40. The minimum absolute atomic E-state index is 0.604. The molecule has 0 N–H and O–H groups in total. The molecule has 2 aromatic rings. The van der Waals surface area contributed by atoms with E-state index < -0.39 is 0 Å². The third-order valence-corrected chi connectivity index (χ3v) is 3.09. The highest BCUT2D eigenvalue weighted by molar-refractivity contribution is 6.34. The second-order valence-electron chi connectivity index (χ2n) is 3.87. The molecule has 0 aliphatic carbocycles. The standard InChI is InChI=1S/C15H12Cl2O/c1-10(11-3-5-15(18-2)6-4-11)12-7-13(16)9-14(17)8-12/h3-9H,1H2,2H3. The molecule has 0 heterocycles. The summed E-state index contributed by atoms with van der Waals surface area (Å²) in [7, 11) is 1.64. The Labute approximate surface area is 117 Å². The summed E-state index contributed by atoms with van der Waals surface area (Å²) in [5.41, 5.74) is 2.80. The van der Waals surface area contributed by atoms with Gasteiger partial charge in [-0.15, -0.1) is 0 Å². The third-order valence-electron chi connectivity index (χ3n) is 2.65. The van der Waals surface area contributed by atoms with E-state index in [1.54, 1.807) is 13.2 Å². The first kappa shape index (κ1) is 13.0. The van der Waals surface area contributed by atoms with Crippen molar-refractivity contribution in [3.63, 3.8) is 0 Å². The van der Waals surface area contributed by atoms with E-state index in [9.17, 15) is 0 Å². The summed E-state index contributed by atoms with van der Waals surface area (Å²) in [5.74, 6) is 0.815. The number of ether oxygens (including phenoxy) is 1. The molecule has 3 heteroatoms. The Morgan fingerprint density at radius 3 is 2.00 bits per heavy atom. The van der Waals surface area contributed by atoms with E-state index in [0.717, 1.165) is 22.4 Å². The van der Waals surface area contributed by atoms with Gasteiger partial charge in [0.15, 0.2) is 0 Å². The van der Waals surface area contributed by atoms with E-state index in [-0.39, 0.29) is 0 Å². The van der Waals surface area contributed by atoms with Gasteiger partial charge in [-0.2, -0.15) is 0 Å². The number of methoxy groups -OCH3 is 1. The van der Waals surface area contributed by atoms with Gasteiger partial charge < -0.3 is 4.74 Å². The first-order chi connectivity index (χ1) is 8.60. The average molecular weight is 279 g/mol. The lowest BCUT2D eigenvalue weighted by Crippen LogP contribution is -1.88. The summed E-state index contributed by atoms with van der Waals surface area (Å²) in [6.45, 7) is 4.07. The minimum Gasteiger partial charge on any atom is -0.497 e. The zero-order chi connectivity index (χ0) is 13.1. The van der Waals surface area contributed by atoms with E-state index in [1.165, 1.54) is 0 Å². The van der Waals surface area contributed by atoms with Gasteiger partial charge in [0, 0.05) is 10.0 Å². The lowest BCUT2D eigenvalue weighted by atomic mass is 10.00. The smallest absolute Gasteiger partial charge is 0.118 e. The van der Waals surface area contributed by atoms with Crippen molar-refractivity contribution in [3.8, 4) is 5.75 Å². The molecule has 0 saturated carbocycles. The van der Waals surface area contributed by atoms with Crippen LogP contribution in [-0.4, -0.2) is 7.11 Å². The maximum Gasteiger partial charge on any atom is 0.118 e. The zero-order valence-corrected chi connectivity index (χ0v) is 11.4. The van der Waals surface area contributed by atoms with E-state index in [4.69, 9.17) is 27.9 Å². The van der Waals surface area contributed by atoms with Crippen molar-refractivity contribution >= 4 is 28.8 Å². The number of halogens is 2. The maximum absolute atomic E-state index is 5.98. The molecule has 18 heavy (non-hydrogen) atoms. The second-order valence-corrected chi connectivity index (χ2v) is 4.74. The van der Waals surface area contributed by atoms with Gasteiger partial charge in [0.25, 0.3) is 0 Å². The van der Waals surface area contributed by atoms with Gasteiger partial charge in [-0.25, -0.2) is 0 Å². The molecule has 0 radical (unpaired) electrons. The molecule has 0 amide bonds. The van der Waals surface area contributed by atoms with Gasteiger partial charge in [-0.05, 0) is 47.0 Å².